The Morgan fingerprint density at radius 1 is 1.15 bits per heavy atom. The molecule has 0 aromatic carbocycles. The van der Waals surface area contributed by atoms with Crippen molar-refractivity contribution in [3.63, 3.8) is 0 Å². The van der Waals surface area contributed by atoms with E-state index >= 15 is 0 Å². The van der Waals surface area contributed by atoms with Gasteiger partial charge < -0.3 is 25.3 Å². The summed E-state index contributed by atoms with van der Waals surface area (Å²) in [5.41, 5.74) is -0.478. The average molecular weight is 380 g/mol. The van der Waals surface area contributed by atoms with Crippen LogP contribution in [0.5, 0.6) is 0 Å². The zero-order chi connectivity index (χ0) is 19.7. The van der Waals surface area contributed by atoms with Crippen LogP contribution in [-0.4, -0.2) is 52.6 Å². The summed E-state index contributed by atoms with van der Waals surface area (Å²) in [7, 11) is 1.73. The molecule has 1 aliphatic heterocycles. The Labute approximate surface area is 161 Å². The molecule has 0 radical (unpaired) electrons. The second kappa shape index (κ2) is 10.1. The summed E-state index contributed by atoms with van der Waals surface area (Å²) in [4.78, 5) is 15.8. The molecule has 0 fully saturated rings. The summed E-state index contributed by atoms with van der Waals surface area (Å²) in [6, 6.07) is 0. The third-order valence-electron chi connectivity index (χ3n) is 4.14. The molecule has 0 atom stereocenters. The van der Waals surface area contributed by atoms with Crippen molar-refractivity contribution >= 4 is 12.1 Å². The van der Waals surface area contributed by atoms with Crippen molar-refractivity contribution in [3.05, 3.63) is 11.6 Å². The Hall–Kier alpha value is -2.32. The van der Waals surface area contributed by atoms with Crippen molar-refractivity contribution in [2.45, 2.75) is 71.6 Å². The maximum Gasteiger partial charge on any atom is 0.407 e. The molecular formula is C18H33N7O2. The monoisotopic (exact) mass is 379 g/mol. The third kappa shape index (κ3) is 7.44. The van der Waals surface area contributed by atoms with Crippen LogP contribution in [0.25, 0.3) is 0 Å². The molecule has 1 aliphatic rings. The van der Waals surface area contributed by atoms with Gasteiger partial charge in [0.2, 0.25) is 0 Å². The van der Waals surface area contributed by atoms with E-state index in [-0.39, 0.29) is 0 Å². The topological polar surface area (TPSA) is 105 Å². The molecule has 9 heteroatoms. The fourth-order valence-corrected chi connectivity index (χ4v) is 2.86. The number of aromatic nitrogens is 3. The van der Waals surface area contributed by atoms with Crippen LogP contribution < -0.4 is 16.0 Å². The lowest BCUT2D eigenvalue weighted by Gasteiger charge is -2.19. The number of carbonyl (C=O) groups is 1. The maximum absolute atomic E-state index is 11.6. The summed E-state index contributed by atoms with van der Waals surface area (Å²) in [6.45, 7) is 8.34. The lowest BCUT2D eigenvalue weighted by Crippen LogP contribution is -2.39. The van der Waals surface area contributed by atoms with Gasteiger partial charge in [0.1, 0.15) is 11.4 Å². The van der Waals surface area contributed by atoms with Crippen LogP contribution in [0.2, 0.25) is 0 Å². The van der Waals surface area contributed by atoms with E-state index in [0.29, 0.717) is 25.6 Å². The summed E-state index contributed by atoms with van der Waals surface area (Å²) in [5, 5.41) is 17.9. The first-order valence-electron chi connectivity index (χ1n) is 9.71. The largest absolute Gasteiger partial charge is 0.444 e. The van der Waals surface area contributed by atoms with Gasteiger partial charge in [-0.15, -0.1) is 10.2 Å². The summed E-state index contributed by atoms with van der Waals surface area (Å²) >= 11 is 0. The normalized spacial score (nSPS) is 14.9. The van der Waals surface area contributed by atoms with E-state index in [1.165, 1.54) is 19.3 Å². The quantitative estimate of drug-likeness (QED) is 0.394. The number of hydrogen-bond donors (Lipinski definition) is 3. The molecule has 27 heavy (non-hydrogen) atoms. The first-order chi connectivity index (χ1) is 12.9. The highest BCUT2D eigenvalue weighted by atomic mass is 16.6. The molecule has 0 saturated heterocycles. The summed E-state index contributed by atoms with van der Waals surface area (Å²) in [5.74, 6) is 2.74. The van der Waals surface area contributed by atoms with E-state index < -0.39 is 11.7 Å². The zero-order valence-electron chi connectivity index (χ0n) is 17.0. The Morgan fingerprint density at radius 2 is 1.93 bits per heavy atom. The Balaban J connectivity index is 1.67. The third-order valence-corrected chi connectivity index (χ3v) is 4.14. The molecule has 2 rings (SSSR count). The van der Waals surface area contributed by atoms with Crippen LogP contribution >= 0.6 is 0 Å². The number of guanidine groups is 1. The SMILES string of the molecule is CN=C(NCCCNC(=O)OC(C)(C)C)NCc1nnc2n1CCCCC2. The highest BCUT2D eigenvalue weighted by Crippen LogP contribution is 2.14. The van der Waals surface area contributed by atoms with Crippen molar-refractivity contribution in [3.8, 4) is 0 Å². The van der Waals surface area contributed by atoms with Crippen LogP contribution in [0.1, 0.15) is 58.1 Å². The lowest BCUT2D eigenvalue weighted by atomic mass is 10.2. The zero-order valence-corrected chi connectivity index (χ0v) is 17.0. The van der Waals surface area contributed by atoms with Gasteiger partial charge in [-0.2, -0.15) is 0 Å². The van der Waals surface area contributed by atoms with Crippen LogP contribution in [0, 0.1) is 0 Å². The first kappa shape index (κ1) is 21.0. The number of fused-ring (bicyclic) bond motifs is 1. The van der Waals surface area contributed by atoms with Crippen molar-refractivity contribution in [2.75, 3.05) is 20.1 Å². The number of nitrogens with one attached hydrogen (secondary N) is 3. The van der Waals surface area contributed by atoms with E-state index in [2.05, 4.69) is 35.7 Å². The van der Waals surface area contributed by atoms with Gasteiger partial charge in [-0.3, -0.25) is 4.99 Å². The van der Waals surface area contributed by atoms with Crippen molar-refractivity contribution < 1.29 is 9.53 Å². The number of rotatable bonds is 6. The fraction of sp³-hybridized carbons (Fsp3) is 0.778. The fourth-order valence-electron chi connectivity index (χ4n) is 2.86. The molecule has 0 saturated carbocycles. The molecular weight excluding hydrogens is 346 g/mol. The summed E-state index contributed by atoms with van der Waals surface area (Å²) in [6.07, 6.45) is 4.99. The van der Waals surface area contributed by atoms with Gasteiger partial charge >= 0.3 is 6.09 Å². The van der Waals surface area contributed by atoms with E-state index in [1.54, 1.807) is 7.05 Å². The maximum atomic E-state index is 11.6. The number of aliphatic imine (C=N–C) groups is 1. The molecule has 152 valence electrons. The molecule has 1 amide bonds. The Kier molecular flexibility index (Phi) is 7.87. The van der Waals surface area contributed by atoms with Crippen LogP contribution in [0.15, 0.2) is 4.99 Å². The average Bonchev–Trinajstić information content (AvgIpc) is 2.82. The second-order valence-corrected chi connectivity index (χ2v) is 7.63. The summed E-state index contributed by atoms with van der Waals surface area (Å²) < 4.78 is 7.42. The van der Waals surface area contributed by atoms with E-state index in [9.17, 15) is 4.79 Å². The van der Waals surface area contributed by atoms with Gasteiger partial charge in [-0.1, -0.05) is 6.42 Å². The minimum atomic E-state index is -0.478. The van der Waals surface area contributed by atoms with Gasteiger partial charge in [0.15, 0.2) is 11.8 Å². The van der Waals surface area contributed by atoms with Crippen molar-refractivity contribution in [2.24, 2.45) is 4.99 Å². The van der Waals surface area contributed by atoms with E-state index in [1.807, 2.05) is 20.8 Å². The molecule has 0 unspecified atom stereocenters. The number of nitrogens with zero attached hydrogens (tertiary/aromatic N) is 4. The predicted molar refractivity (Wildman–Crippen MR) is 105 cm³/mol. The minimum Gasteiger partial charge on any atom is -0.444 e. The number of aryl methyl sites for hydroxylation is 1. The number of carbonyl (C=O) groups excluding carboxylic acids is 1. The number of ether oxygens (including phenoxy) is 1. The first-order valence-corrected chi connectivity index (χ1v) is 9.71. The number of alkyl carbamates (subject to hydrolysis) is 1. The highest BCUT2D eigenvalue weighted by molar-refractivity contribution is 5.79. The van der Waals surface area contributed by atoms with Crippen LogP contribution in [0.4, 0.5) is 4.79 Å². The Morgan fingerprint density at radius 3 is 2.67 bits per heavy atom. The molecule has 0 aliphatic carbocycles. The van der Waals surface area contributed by atoms with Crippen molar-refractivity contribution in [1.82, 2.24) is 30.7 Å². The lowest BCUT2D eigenvalue weighted by molar-refractivity contribution is 0.0527. The molecule has 1 aromatic rings. The Bertz CT molecular complexity index is 634. The second-order valence-electron chi connectivity index (χ2n) is 7.63. The molecule has 9 nitrogen and oxygen atoms in total. The van der Waals surface area contributed by atoms with E-state index in [0.717, 1.165) is 31.0 Å². The minimum absolute atomic E-state index is 0.391. The molecule has 1 aromatic heterocycles. The molecule has 3 N–H and O–H groups in total. The van der Waals surface area contributed by atoms with Crippen LogP contribution in [0.3, 0.4) is 0 Å². The van der Waals surface area contributed by atoms with Gasteiger partial charge in [0.25, 0.3) is 0 Å². The highest BCUT2D eigenvalue weighted by Gasteiger charge is 2.16. The number of hydrogen-bond acceptors (Lipinski definition) is 5. The number of amides is 1. The molecule has 2 heterocycles. The van der Waals surface area contributed by atoms with Gasteiger partial charge in [0, 0.05) is 33.1 Å². The van der Waals surface area contributed by atoms with Gasteiger partial charge in [-0.05, 0) is 40.0 Å². The predicted octanol–water partition coefficient (Wildman–Crippen LogP) is 1.58. The van der Waals surface area contributed by atoms with Gasteiger partial charge in [-0.25, -0.2) is 4.79 Å². The van der Waals surface area contributed by atoms with Crippen LogP contribution in [-0.2, 0) is 24.2 Å². The van der Waals surface area contributed by atoms with Crippen molar-refractivity contribution in [1.29, 1.82) is 0 Å². The smallest absolute Gasteiger partial charge is 0.407 e. The molecule has 0 spiro atoms. The molecule has 0 bridgehead atoms. The van der Waals surface area contributed by atoms with E-state index in [4.69, 9.17) is 4.74 Å². The van der Waals surface area contributed by atoms with Gasteiger partial charge in [0.05, 0.1) is 6.54 Å². The standard InChI is InChI=1S/C18H33N7O2/c1-18(2,3)27-17(26)21-11-8-10-20-16(19-4)22-13-15-24-23-14-9-6-5-7-12-25(14)15/h5-13H2,1-4H3,(H,21,26)(H2,19,20,22).